The monoisotopic (exact) mass is 201 g/mol. The van der Waals surface area contributed by atoms with Gasteiger partial charge in [0.15, 0.2) is 5.66 Å². The van der Waals surface area contributed by atoms with Gasteiger partial charge in [-0.3, -0.25) is 4.79 Å². The summed E-state index contributed by atoms with van der Waals surface area (Å²) in [5, 5.41) is 2.63. The second-order valence-corrected chi connectivity index (χ2v) is 3.84. The molecule has 0 spiro atoms. The van der Waals surface area contributed by atoms with E-state index in [4.69, 9.17) is 4.84 Å². The SMILES string of the molecule is CC(=O)ON1N(C(=O)N(C)C)C1(C)C. The Morgan fingerprint density at radius 3 is 2.14 bits per heavy atom. The summed E-state index contributed by atoms with van der Waals surface area (Å²) < 4.78 is 0. The van der Waals surface area contributed by atoms with Crippen LogP contribution in [0.25, 0.3) is 0 Å². The fourth-order valence-electron chi connectivity index (χ4n) is 1.12. The highest BCUT2D eigenvalue weighted by Gasteiger charge is 2.61. The number of nitrogens with zero attached hydrogens (tertiary/aromatic N) is 3. The molecule has 1 heterocycles. The molecule has 14 heavy (non-hydrogen) atoms. The minimum absolute atomic E-state index is 0.212. The fraction of sp³-hybridized carbons (Fsp3) is 0.750. The molecule has 80 valence electrons. The van der Waals surface area contributed by atoms with Gasteiger partial charge in [0.2, 0.25) is 0 Å². The lowest BCUT2D eigenvalue weighted by molar-refractivity contribution is -0.175. The van der Waals surface area contributed by atoms with Gasteiger partial charge < -0.3 is 9.74 Å². The van der Waals surface area contributed by atoms with Crippen molar-refractivity contribution in [1.29, 1.82) is 0 Å². The zero-order chi connectivity index (χ0) is 11.1. The van der Waals surface area contributed by atoms with Crippen LogP contribution in [-0.2, 0) is 9.63 Å². The molecule has 0 saturated carbocycles. The van der Waals surface area contributed by atoms with Crippen molar-refractivity contribution in [2.24, 2.45) is 0 Å². The van der Waals surface area contributed by atoms with Crippen molar-refractivity contribution in [2.45, 2.75) is 26.4 Å². The number of hydrogen-bond donors (Lipinski definition) is 0. The van der Waals surface area contributed by atoms with Crippen molar-refractivity contribution in [3.63, 3.8) is 0 Å². The third kappa shape index (κ3) is 1.65. The standard InChI is InChI=1S/C8H15N3O3/c1-6(12)14-11-8(2,3)10(11)7(13)9(4)5/h1-5H3. The summed E-state index contributed by atoms with van der Waals surface area (Å²) in [6.45, 7) is 4.88. The van der Waals surface area contributed by atoms with Gasteiger partial charge in [-0.05, 0) is 19.0 Å². The number of carbonyl (C=O) groups excluding carboxylic acids is 2. The van der Waals surface area contributed by atoms with E-state index in [1.807, 2.05) is 0 Å². The average Bonchev–Trinajstić information content (AvgIpc) is 2.50. The highest BCUT2D eigenvalue weighted by Crippen LogP contribution is 2.39. The molecular formula is C8H15N3O3. The van der Waals surface area contributed by atoms with E-state index in [1.54, 1.807) is 27.9 Å². The van der Waals surface area contributed by atoms with Crippen molar-refractivity contribution in [1.82, 2.24) is 15.1 Å². The number of urea groups is 1. The number of rotatable bonds is 1. The molecule has 2 amide bonds. The van der Waals surface area contributed by atoms with Gasteiger partial charge >= 0.3 is 12.0 Å². The minimum atomic E-state index is -0.549. The van der Waals surface area contributed by atoms with E-state index in [2.05, 4.69) is 0 Å². The van der Waals surface area contributed by atoms with Crippen molar-refractivity contribution >= 4 is 12.0 Å². The first-order valence-corrected chi connectivity index (χ1v) is 4.28. The van der Waals surface area contributed by atoms with Crippen molar-refractivity contribution in [3.05, 3.63) is 0 Å². The summed E-state index contributed by atoms with van der Waals surface area (Å²) in [7, 11) is 3.28. The number of amides is 2. The summed E-state index contributed by atoms with van der Waals surface area (Å²) >= 11 is 0. The van der Waals surface area contributed by atoms with Gasteiger partial charge in [-0.15, -0.1) is 0 Å². The van der Waals surface area contributed by atoms with Crippen LogP contribution in [0.3, 0.4) is 0 Å². The molecule has 0 bridgehead atoms. The van der Waals surface area contributed by atoms with Crippen molar-refractivity contribution < 1.29 is 14.4 Å². The van der Waals surface area contributed by atoms with Crippen LogP contribution in [0.2, 0.25) is 0 Å². The predicted octanol–water partition coefficient (Wildman–Crippen LogP) is 0.415. The Labute approximate surface area is 82.9 Å². The molecule has 1 aliphatic rings. The van der Waals surface area contributed by atoms with E-state index in [-0.39, 0.29) is 6.03 Å². The Hall–Kier alpha value is -1.30. The molecule has 0 N–H and O–H groups in total. The Balaban J connectivity index is 2.66. The summed E-state index contributed by atoms with van der Waals surface area (Å²) in [5.41, 5.74) is -0.549. The van der Waals surface area contributed by atoms with Gasteiger partial charge in [0.05, 0.1) is 0 Å². The Kier molecular flexibility index (Phi) is 2.41. The Morgan fingerprint density at radius 2 is 1.79 bits per heavy atom. The molecule has 0 aromatic rings. The molecule has 1 aliphatic heterocycles. The van der Waals surface area contributed by atoms with E-state index in [1.165, 1.54) is 22.0 Å². The minimum Gasteiger partial charge on any atom is -0.346 e. The van der Waals surface area contributed by atoms with Crippen LogP contribution < -0.4 is 0 Å². The summed E-state index contributed by atoms with van der Waals surface area (Å²) in [5.74, 6) is -0.438. The Bertz CT molecular complexity index is 275. The van der Waals surface area contributed by atoms with Crippen LogP contribution in [0.5, 0.6) is 0 Å². The molecule has 0 aromatic carbocycles. The van der Waals surface area contributed by atoms with Crippen LogP contribution in [-0.4, -0.2) is 46.8 Å². The van der Waals surface area contributed by atoms with Crippen LogP contribution >= 0.6 is 0 Å². The van der Waals surface area contributed by atoms with E-state index >= 15 is 0 Å². The summed E-state index contributed by atoms with van der Waals surface area (Å²) in [4.78, 5) is 28.5. The first kappa shape index (κ1) is 10.8. The molecule has 0 aromatic heterocycles. The molecule has 6 nitrogen and oxygen atoms in total. The predicted molar refractivity (Wildman–Crippen MR) is 48.6 cm³/mol. The lowest BCUT2D eigenvalue weighted by Gasteiger charge is -2.10. The number of hydrazine groups is 1. The largest absolute Gasteiger partial charge is 0.346 e. The van der Waals surface area contributed by atoms with Crippen LogP contribution in [0.1, 0.15) is 20.8 Å². The highest BCUT2D eigenvalue weighted by molar-refractivity contribution is 5.76. The van der Waals surface area contributed by atoms with Crippen molar-refractivity contribution in [2.75, 3.05) is 14.1 Å². The molecule has 1 rings (SSSR count). The molecular weight excluding hydrogens is 186 g/mol. The summed E-state index contributed by atoms with van der Waals surface area (Å²) in [6.07, 6.45) is 0. The quantitative estimate of drug-likeness (QED) is 0.577. The molecule has 1 atom stereocenters. The third-order valence-electron chi connectivity index (χ3n) is 1.91. The normalized spacial score (nSPS) is 22.9. The van der Waals surface area contributed by atoms with Gasteiger partial charge in [-0.25, -0.2) is 4.79 Å². The molecule has 1 saturated heterocycles. The Morgan fingerprint density at radius 1 is 1.29 bits per heavy atom. The van der Waals surface area contributed by atoms with Gasteiger partial charge in [0, 0.05) is 21.0 Å². The lowest BCUT2D eigenvalue weighted by atomic mass is 10.3. The lowest BCUT2D eigenvalue weighted by Crippen LogP contribution is -2.31. The number of hydroxylamine groups is 1. The fourth-order valence-corrected chi connectivity index (χ4v) is 1.12. The van der Waals surface area contributed by atoms with Crippen LogP contribution in [0.15, 0.2) is 0 Å². The zero-order valence-corrected chi connectivity index (χ0v) is 9.07. The second kappa shape index (κ2) is 3.13. The maximum Gasteiger partial charge on any atom is 0.338 e. The number of carbonyl (C=O) groups is 2. The second-order valence-electron chi connectivity index (χ2n) is 3.84. The zero-order valence-electron chi connectivity index (χ0n) is 9.07. The molecule has 1 unspecified atom stereocenters. The van der Waals surface area contributed by atoms with Gasteiger partial charge in [0.1, 0.15) is 0 Å². The maximum atomic E-state index is 11.5. The topological polar surface area (TPSA) is 52.6 Å². The highest BCUT2D eigenvalue weighted by atomic mass is 16.8. The van der Waals surface area contributed by atoms with Crippen molar-refractivity contribution in [3.8, 4) is 0 Å². The van der Waals surface area contributed by atoms with E-state index in [0.29, 0.717) is 0 Å². The van der Waals surface area contributed by atoms with Crippen LogP contribution in [0.4, 0.5) is 4.79 Å². The van der Waals surface area contributed by atoms with Crippen LogP contribution in [0, 0.1) is 0 Å². The van der Waals surface area contributed by atoms with E-state index in [9.17, 15) is 9.59 Å². The maximum absolute atomic E-state index is 11.5. The van der Waals surface area contributed by atoms with Gasteiger partial charge in [0.25, 0.3) is 0 Å². The average molecular weight is 201 g/mol. The summed E-state index contributed by atoms with van der Waals surface area (Å²) in [6, 6.07) is -0.212. The molecule has 0 aliphatic carbocycles. The first-order chi connectivity index (χ1) is 6.28. The van der Waals surface area contributed by atoms with E-state index < -0.39 is 11.6 Å². The molecule has 6 heteroatoms. The third-order valence-corrected chi connectivity index (χ3v) is 1.91. The molecule has 1 fully saturated rings. The smallest absolute Gasteiger partial charge is 0.338 e. The first-order valence-electron chi connectivity index (χ1n) is 4.28. The van der Waals surface area contributed by atoms with Gasteiger partial charge in [-0.1, -0.05) is 0 Å². The van der Waals surface area contributed by atoms with Gasteiger partial charge in [-0.2, -0.15) is 5.01 Å². The number of hydrogen-bond acceptors (Lipinski definition) is 4. The molecule has 0 radical (unpaired) electrons. The van der Waals surface area contributed by atoms with E-state index in [0.717, 1.165) is 0 Å².